The van der Waals surface area contributed by atoms with Crippen LogP contribution in [0.4, 0.5) is 0 Å². The maximum absolute atomic E-state index is 5.86. The number of ether oxygens (including phenoxy) is 1. The minimum absolute atomic E-state index is 0.230. The number of para-hydroxylation sites is 1. The summed E-state index contributed by atoms with van der Waals surface area (Å²) < 4.78 is 5.86. The monoisotopic (exact) mass is 261 g/mol. The molecule has 1 saturated carbocycles. The summed E-state index contributed by atoms with van der Waals surface area (Å²) in [5, 5.41) is 3.67. The average molecular weight is 261 g/mol. The fraction of sp³-hybridized carbons (Fsp3) is 0.647. The quantitative estimate of drug-likeness (QED) is 0.831. The smallest absolute Gasteiger partial charge is 0.124 e. The Kier molecular flexibility index (Phi) is 5.26. The van der Waals surface area contributed by atoms with Crippen LogP contribution < -0.4 is 10.1 Å². The van der Waals surface area contributed by atoms with Gasteiger partial charge in [0, 0.05) is 18.2 Å². The molecule has 0 spiro atoms. The van der Waals surface area contributed by atoms with Crippen LogP contribution in [-0.2, 0) is 6.54 Å². The third-order valence-corrected chi connectivity index (χ3v) is 4.06. The second kappa shape index (κ2) is 6.95. The van der Waals surface area contributed by atoms with Gasteiger partial charge in [0.2, 0.25) is 0 Å². The molecule has 19 heavy (non-hydrogen) atoms. The zero-order valence-corrected chi connectivity index (χ0v) is 12.5. The van der Waals surface area contributed by atoms with E-state index in [4.69, 9.17) is 4.74 Å². The second-order valence-corrected chi connectivity index (χ2v) is 5.99. The van der Waals surface area contributed by atoms with Crippen molar-refractivity contribution in [2.24, 2.45) is 5.92 Å². The van der Waals surface area contributed by atoms with Crippen molar-refractivity contribution in [3.8, 4) is 5.75 Å². The van der Waals surface area contributed by atoms with E-state index in [1.54, 1.807) is 0 Å². The van der Waals surface area contributed by atoms with E-state index in [9.17, 15) is 0 Å². The van der Waals surface area contributed by atoms with Crippen LogP contribution in [0.3, 0.4) is 0 Å². The molecule has 0 saturated heterocycles. The van der Waals surface area contributed by atoms with Crippen LogP contribution in [0.25, 0.3) is 0 Å². The maximum atomic E-state index is 5.86. The Bertz CT molecular complexity index is 383. The Morgan fingerprint density at radius 2 is 1.84 bits per heavy atom. The fourth-order valence-electron chi connectivity index (χ4n) is 2.91. The molecule has 1 N–H and O–H groups in total. The number of benzene rings is 1. The number of hydrogen-bond acceptors (Lipinski definition) is 2. The summed E-state index contributed by atoms with van der Waals surface area (Å²) in [6.45, 7) is 7.37. The van der Waals surface area contributed by atoms with Gasteiger partial charge in [-0.05, 0) is 45.6 Å². The minimum atomic E-state index is 0.230. The Hall–Kier alpha value is -1.02. The molecular formula is C17H27NO. The van der Waals surface area contributed by atoms with Crippen molar-refractivity contribution in [1.29, 1.82) is 0 Å². The van der Waals surface area contributed by atoms with Gasteiger partial charge in [-0.15, -0.1) is 0 Å². The molecule has 1 aromatic carbocycles. The number of nitrogens with one attached hydrogen (secondary N) is 1. The third kappa shape index (κ3) is 4.24. The second-order valence-electron chi connectivity index (χ2n) is 5.99. The summed E-state index contributed by atoms with van der Waals surface area (Å²) in [6, 6.07) is 8.96. The van der Waals surface area contributed by atoms with E-state index in [0.29, 0.717) is 6.04 Å². The molecule has 0 heterocycles. The molecule has 0 bridgehead atoms. The minimum Gasteiger partial charge on any atom is -0.491 e. The Labute approximate surface area is 117 Å². The van der Waals surface area contributed by atoms with Gasteiger partial charge in [0.1, 0.15) is 5.75 Å². The molecule has 0 radical (unpaired) electrons. The predicted molar refractivity (Wildman–Crippen MR) is 80.5 cm³/mol. The topological polar surface area (TPSA) is 21.3 Å². The first-order valence-corrected chi connectivity index (χ1v) is 7.64. The van der Waals surface area contributed by atoms with E-state index in [2.05, 4.69) is 44.3 Å². The van der Waals surface area contributed by atoms with E-state index < -0.39 is 0 Å². The first kappa shape index (κ1) is 14.4. The molecule has 1 atom stereocenters. The molecule has 1 aromatic rings. The van der Waals surface area contributed by atoms with Gasteiger partial charge >= 0.3 is 0 Å². The molecule has 2 heteroatoms. The molecule has 1 fully saturated rings. The molecule has 0 aliphatic heterocycles. The normalized spacial score (nSPS) is 17.9. The summed E-state index contributed by atoms with van der Waals surface area (Å²) >= 11 is 0. The Morgan fingerprint density at radius 3 is 2.53 bits per heavy atom. The van der Waals surface area contributed by atoms with Crippen molar-refractivity contribution in [2.45, 2.75) is 65.1 Å². The standard InChI is InChI=1S/C17H27NO/c1-13(2)19-17-11-7-6-10-16(17)12-18-14(3)15-8-4-5-9-15/h6-7,10-11,13-15,18H,4-5,8-9,12H2,1-3H3. The van der Waals surface area contributed by atoms with Gasteiger partial charge in [-0.1, -0.05) is 31.0 Å². The molecule has 2 rings (SSSR count). The summed E-state index contributed by atoms with van der Waals surface area (Å²) in [5.74, 6) is 1.88. The van der Waals surface area contributed by atoms with Crippen molar-refractivity contribution in [1.82, 2.24) is 5.32 Å². The van der Waals surface area contributed by atoms with Gasteiger partial charge in [-0.25, -0.2) is 0 Å². The van der Waals surface area contributed by atoms with E-state index in [1.807, 2.05) is 6.07 Å². The lowest BCUT2D eigenvalue weighted by molar-refractivity contribution is 0.239. The van der Waals surface area contributed by atoms with Crippen LogP contribution in [0.15, 0.2) is 24.3 Å². The van der Waals surface area contributed by atoms with Crippen molar-refractivity contribution in [2.75, 3.05) is 0 Å². The maximum Gasteiger partial charge on any atom is 0.124 e. The number of hydrogen-bond donors (Lipinski definition) is 1. The van der Waals surface area contributed by atoms with Gasteiger partial charge in [-0.3, -0.25) is 0 Å². The van der Waals surface area contributed by atoms with Gasteiger partial charge in [0.05, 0.1) is 6.10 Å². The molecule has 1 unspecified atom stereocenters. The van der Waals surface area contributed by atoms with E-state index >= 15 is 0 Å². The lowest BCUT2D eigenvalue weighted by Gasteiger charge is -2.21. The van der Waals surface area contributed by atoms with E-state index in [0.717, 1.165) is 18.2 Å². The van der Waals surface area contributed by atoms with Crippen molar-refractivity contribution in [3.63, 3.8) is 0 Å². The SMILES string of the molecule is CC(C)Oc1ccccc1CNC(C)C1CCCC1. The fourth-order valence-corrected chi connectivity index (χ4v) is 2.91. The highest BCUT2D eigenvalue weighted by molar-refractivity contribution is 5.33. The summed E-state index contributed by atoms with van der Waals surface area (Å²) in [4.78, 5) is 0. The van der Waals surface area contributed by atoms with Crippen LogP contribution in [0.1, 0.15) is 52.0 Å². The molecule has 1 aliphatic carbocycles. The molecule has 1 aliphatic rings. The summed E-state index contributed by atoms with van der Waals surface area (Å²) in [5.41, 5.74) is 1.26. The first-order valence-electron chi connectivity index (χ1n) is 7.64. The first-order chi connectivity index (χ1) is 9.16. The van der Waals surface area contributed by atoms with Gasteiger partial charge < -0.3 is 10.1 Å². The highest BCUT2D eigenvalue weighted by atomic mass is 16.5. The summed E-state index contributed by atoms with van der Waals surface area (Å²) in [7, 11) is 0. The zero-order chi connectivity index (χ0) is 13.7. The van der Waals surface area contributed by atoms with Crippen molar-refractivity contribution in [3.05, 3.63) is 29.8 Å². The van der Waals surface area contributed by atoms with E-state index in [1.165, 1.54) is 31.2 Å². The van der Waals surface area contributed by atoms with Crippen LogP contribution in [0, 0.1) is 5.92 Å². The van der Waals surface area contributed by atoms with Crippen LogP contribution in [-0.4, -0.2) is 12.1 Å². The molecule has 0 aromatic heterocycles. The molecule has 0 amide bonds. The van der Waals surface area contributed by atoms with Crippen molar-refractivity contribution < 1.29 is 4.74 Å². The predicted octanol–water partition coefficient (Wildman–Crippen LogP) is 4.14. The molecule has 2 nitrogen and oxygen atoms in total. The average Bonchev–Trinajstić information content (AvgIpc) is 2.90. The Morgan fingerprint density at radius 1 is 1.16 bits per heavy atom. The van der Waals surface area contributed by atoms with Crippen molar-refractivity contribution >= 4 is 0 Å². The zero-order valence-electron chi connectivity index (χ0n) is 12.5. The highest BCUT2D eigenvalue weighted by Crippen LogP contribution is 2.28. The molecular weight excluding hydrogens is 234 g/mol. The number of rotatable bonds is 6. The lowest BCUT2D eigenvalue weighted by atomic mass is 9.99. The largest absolute Gasteiger partial charge is 0.491 e. The van der Waals surface area contributed by atoms with Crippen LogP contribution in [0.5, 0.6) is 5.75 Å². The lowest BCUT2D eigenvalue weighted by Crippen LogP contribution is -2.31. The summed E-state index contributed by atoms with van der Waals surface area (Å²) in [6.07, 6.45) is 5.82. The van der Waals surface area contributed by atoms with Crippen LogP contribution in [0.2, 0.25) is 0 Å². The van der Waals surface area contributed by atoms with Gasteiger partial charge in [-0.2, -0.15) is 0 Å². The van der Waals surface area contributed by atoms with E-state index in [-0.39, 0.29) is 6.10 Å². The van der Waals surface area contributed by atoms with Gasteiger partial charge in [0.15, 0.2) is 0 Å². The molecule has 106 valence electrons. The Balaban J connectivity index is 1.91. The van der Waals surface area contributed by atoms with Crippen LogP contribution >= 0.6 is 0 Å². The highest BCUT2D eigenvalue weighted by Gasteiger charge is 2.21. The van der Waals surface area contributed by atoms with Gasteiger partial charge in [0.25, 0.3) is 0 Å². The third-order valence-electron chi connectivity index (χ3n) is 4.06.